The van der Waals surface area contributed by atoms with Gasteiger partial charge in [-0.25, -0.2) is 8.78 Å². The molecule has 0 fully saturated rings. The summed E-state index contributed by atoms with van der Waals surface area (Å²) in [4.78, 5) is 0. The second kappa shape index (κ2) is 5.13. The van der Waals surface area contributed by atoms with Gasteiger partial charge in [0.1, 0.15) is 0 Å². The Bertz CT molecular complexity index is 355. The van der Waals surface area contributed by atoms with Crippen molar-refractivity contribution in [2.24, 2.45) is 5.41 Å². The highest BCUT2D eigenvalue weighted by atomic mass is 35.5. The molecule has 0 N–H and O–H groups in total. The molecule has 1 aromatic rings. The maximum Gasteiger partial charge on any atom is 0.162 e. The number of benzene rings is 1. The third-order valence-corrected chi connectivity index (χ3v) is 3.51. The van der Waals surface area contributed by atoms with Crippen molar-refractivity contribution in [2.75, 3.05) is 0 Å². The summed E-state index contributed by atoms with van der Waals surface area (Å²) in [6.45, 7) is 6.10. The first-order chi connectivity index (χ1) is 7.32. The summed E-state index contributed by atoms with van der Waals surface area (Å²) in [7, 11) is 0. The van der Waals surface area contributed by atoms with E-state index in [2.05, 4.69) is 0 Å². The van der Waals surface area contributed by atoms with Gasteiger partial charge < -0.3 is 0 Å². The third-order valence-electron chi connectivity index (χ3n) is 2.64. The first kappa shape index (κ1) is 13.4. The van der Waals surface area contributed by atoms with E-state index in [1.54, 1.807) is 6.07 Å². The lowest BCUT2D eigenvalue weighted by molar-refractivity contribution is 0.372. The predicted octanol–water partition coefficient (Wildman–Crippen LogP) is 4.55. The Morgan fingerprint density at radius 1 is 1.25 bits per heavy atom. The van der Waals surface area contributed by atoms with Gasteiger partial charge in [-0.15, -0.1) is 11.6 Å². The lowest BCUT2D eigenvalue weighted by Crippen LogP contribution is -2.21. The molecule has 0 saturated carbocycles. The Hall–Kier alpha value is -0.630. The van der Waals surface area contributed by atoms with Gasteiger partial charge in [-0.2, -0.15) is 0 Å². The molecule has 0 nitrogen and oxygen atoms in total. The molecule has 0 aromatic heterocycles. The largest absolute Gasteiger partial charge is 0.204 e. The molecule has 0 spiro atoms. The first-order valence-corrected chi connectivity index (χ1v) is 5.83. The zero-order valence-corrected chi connectivity index (χ0v) is 10.6. The minimum absolute atomic E-state index is 0.0225. The standard InChI is InChI=1S/C13H17ClF2/c1-13(2,3)11(14)8-7-9-5-4-6-10(15)12(9)16/h4-6,11H,7-8H2,1-3H3. The highest BCUT2D eigenvalue weighted by Gasteiger charge is 2.22. The smallest absolute Gasteiger partial charge is 0.162 e. The lowest BCUT2D eigenvalue weighted by Gasteiger charge is -2.25. The highest BCUT2D eigenvalue weighted by Crippen LogP contribution is 2.28. The molecule has 0 heterocycles. The van der Waals surface area contributed by atoms with Gasteiger partial charge in [-0.05, 0) is 29.9 Å². The van der Waals surface area contributed by atoms with Crippen LogP contribution < -0.4 is 0 Å². The summed E-state index contributed by atoms with van der Waals surface area (Å²) in [6.07, 6.45) is 1.11. The average molecular weight is 247 g/mol. The number of rotatable bonds is 3. The first-order valence-electron chi connectivity index (χ1n) is 5.39. The average Bonchev–Trinajstić information content (AvgIpc) is 2.18. The van der Waals surface area contributed by atoms with Gasteiger partial charge in [-0.3, -0.25) is 0 Å². The number of halogens is 3. The number of alkyl halides is 1. The maximum absolute atomic E-state index is 13.3. The van der Waals surface area contributed by atoms with Crippen LogP contribution in [0.1, 0.15) is 32.8 Å². The van der Waals surface area contributed by atoms with Crippen LogP contribution in [-0.4, -0.2) is 5.38 Å². The molecule has 0 radical (unpaired) electrons. The molecule has 0 saturated heterocycles. The van der Waals surface area contributed by atoms with Crippen molar-refractivity contribution in [2.45, 2.75) is 39.0 Å². The van der Waals surface area contributed by atoms with Gasteiger partial charge >= 0.3 is 0 Å². The van der Waals surface area contributed by atoms with Crippen molar-refractivity contribution < 1.29 is 8.78 Å². The molecule has 16 heavy (non-hydrogen) atoms. The third kappa shape index (κ3) is 3.44. The molecule has 1 atom stereocenters. The van der Waals surface area contributed by atoms with Crippen molar-refractivity contribution in [3.05, 3.63) is 35.4 Å². The molecule has 0 aliphatic carbocycles. The van der Waals surface area contributed by atoms with Crippen LogP contribution in [0.3, 0.4) is 0 Å². The van der Waals surface area contributed by atoms with Crippen LogP contribution in [0.15, 0.2) is 18.2 Å². The topological polar surface area (TPSA) is 0 Å². The molecular weight excluding hydrogens is 230 g/mol. The molecule has 0 amide bonds. The minimum atomic E-state index is -0.792. The van der Waals surface area contributed by atoms with Crippen molar-refractivity contribution in [3.8, 4) is 0 Å². The van der Waals surface area contributed by atoms with Crippen LogP contribution in [0, 0.1) is 17.0 Å². The van der Waals surface area contributed by atoms with E-state index in [0.29, 0.717) is 18.4 Å². The van der Waals surface area contributed by atoms with E-state index >= 15 is 0 Å². The van der Waals surface area contributed by atoms with Crippen LogP contribution in [0.5, 0.6) is 0 Å². The Morgan fingerprint density at radius 2 is 1.88 bits per heavy atom. The summed E-state index contributed by atoms with van der Waals surface area (Å²) < 4.78 is 26.3. The minimum Gasteiger partial charge on any atom is -0.204 e. The maximum atomic E-state index is 13.3. The van der Waals surface area contributed by atoms with Gasteiger partial charge in [0.15, 0.2) is 11.6 Å². The van der Waals surface area contributed by atoms with Gasteiger partial charge in [0, 0.05) is 5.38 Å². The number of aryl methyl sites for hydroxylation is 1. The van der Waals surface area contributed by atoms with Gasteiger partial charge in [0.05, 0.1) is 0 Å². The lowest BCUT2D eigenvalue weighted by atomic mass is 9.88. The summed E-state index contributed by atoms with van der Waals surface area (Å²) >= 11 is 6.18. The summed E-state index contributed by atoms with van der Waals surface area (Å²) in [5, 5.41) is -0.0461. The van der Waals surface area contributed by atoms with E-state index in [1.807, 2.05) is 20.8 Å². The Labute approximate surface area is 101 Å². The van der Waals surface area contributed by atoms with Gasteiger partial charge in [0.25, 0.3) is 0 Å². The predicted molar refractivity (Wildman–Crippen MR) is 63.8 cm³/mol. The second-order valence-electron chi connectivity index (χ2n) is 5.09. The summed E-state index contributed by atoms with van der Waals surface area (Å²) in [6, 6.07) is 4.25. The highest BCUT2D eigenvalue weighted by molar-refractivity contribution is 6.21. The van der Waals surface area contributed by atoms with Crippen LogP contribution in [-0.2, 0) is 6.42 Å². The molecule has 1 aromatic carbocycles. The fourth-order valence-electron chi connectivity index (χ4n) is 1.46. The molecular formula is C13H17ClF2. The monoisotopic (exact) mass is 246 g/mol. The SMILES string of the molecule is CC(C)(C)C(Cl)CCc1cccc(F)c1F. The Morgan fingerprint density at radius 3 is 2.44 bits per heavy atom. The zero-order valence-electron chi connectivity index (χ0n) is 9.86. The molecule has 0 aliphatic heterocycles. The number of hydrogen-bond donors (Lipinski definition) is 0. The fraction of sp³-hybridized carbons (Fsp3) is 0.538. The van der Waals surface area contributed by atoms with E-state index in [9.17, 15) is 8.78 Å². The van der Waals surface area contributed by atoms with Crippen molar-refractivity contribution >= 4 is 11.6 Å². The Balaban J connectivity index is 2.65. The van der Waals surface area contributed by atoms with Crippen molar-refractivity contribution in [3.63, 3.8) is 0 Å². The normalized spacial score (nSPS) is 13.9. The van der Waals surface area contributed by atoms with Crippen molar-refractivity contribution in [1.29, 1.82) is 0 Å². The van der Waals surface area contributed by atoms with Gasteiger partial charge in [0.2, 0.25) is 0 Å². The van der Waals surface area contributed by atoms with E-state index in [4.69, 9.17) is 11.6 Å². The van der Waals surface area contributed by atoms with E-state index in [0.717, 1.165) is 6.07 Å². The van der Waals surface area contributed by atoms with E-state index in [-0.39, 0.29) is 10.8 Å². The molecule has 3 heteroatoms. The molecule has 90 valence electrons. The van der Waals surface area contributed by atoms with Crippen LogP contribution in [0.25, 0.3) is 0 Å². The zero-order chi connectivity index (χ0) is 12.3. The molecule has 0 aliphatic rings. The van der Waals surface area contributed by atoms with E-state index < -0.39 is 11.6 Å². The second-order valence-corrected chi connectivity index (χ2v) is 5.61. The Kier molecular flexibility index (Phi) is 4.31. The van der Waals surface area contributed by atoms with Crippen LogP contribution >= 0.6 is 11.6 Å². The summed E-state index contributed by atoms with van der Waals surface area (Å²) in [5.74, 6) is -1.54. The van der Waals surface area contributed by atoms with Gasteiger partial charge in [-0.1, -0.05) is 32.9 Å². The van der Waals surface area contributed by atoms with E-state index in [1.165, 1.54) is 6.07 Å². The molecule has 0 bridgehead atoms. The van der Waals surface area contributed by atoms with Crippen LogP contribution in [0.4, 0.5) is 8.78 Å². The van der Waals surface area contributed by atoms with Crippen LogP contribution in [0.2, 0.25) is 0 Å². The molecule has 1 rings (SSSR count). The number of hydrogen-bond acceptors (Lipinski definition) is 0. The fourth-order valence-corrected chi connectivity index (χ4v) is 1.57. The molecule has 1 unspecified atom stereocenters. The summed E-state index contributed by atoms with van der Waals surface area (Å²) in [5.41, 5.74) is 0.376. The quantitative estimate of drug-likeness (QED) is 0.687. The van der Waals surface area contributed by atoms with Crippen molar-refractivity contribution in [1.82, 2.24) is 0 Å².